The highest BCUT2D eigenvalue weighted by molar-refractivity contribution is 5.62. The van der Waals surface area contributed by atoms with Crippen molar-refractivity contribution in [3.8, 4) is 17.2 Å². The first-order chi connectivity index (χ1) is 10.6. The number of methoxy groups -OCH3 is 1. The minimum atomic E-state index is -0.887. The Balaban J connectivity index is 2.07. The molecule has 1 atom stereocenters. The molecular weight excluding hydrogens is 286 g/mol. The lowest BCUT2D eigenvalue weighted by atomic mass is 10.0. The molecule has 2 aromatic rings. The Morgan fingerprint density at radius 3 is 2.73 bits per heavy atom. The van der Waals surface area contributed by atoms with Crippen LogP contribution in [0.3, 0.4) is 0 Å². The highest BCUT2D eigenvalue weighted by Gasteiger charge is 2.33. The van der Waals surface area contributed by atoms with Crippen molar-refractivity contribution in [1.82, 2.24) is 0 Å². The average Bonchev–Trinajstić information content (AvgIpc) is 2.53. The first kappa shape index (κ1) is 13.9. The molecule has 0 radical (unpaired) electrons. The lowest BCUT2D eigenvalue weighted by Crippen LogP contribution is -2.19. The Morgan fingerprint density at radius 2 is 2.05 bits per heavy atom. The summed E-state index contributed by atoms with van der Waals surface area (Å²) in [4.78, 5) is 10.9. The van der Waals surface area contributed by atoms with E-state index in [4.69, 9.17) is 9.47 Å². The maximum Gasteiger partial charge on any atom is 0.291 e. The molecule has 0 spiro atoms. The largest absolute Gasteiger partial charge is 0.504 e. The van der Waals surface area contributed by atoms with E-state index in [-0.39, 0.29) is 11.4 Å². The summed E-state index contributed by atoms with van der Waals surface area (Å²) in [6.07, 6.45) is 0.604. The molecule has 0 bridgehead atoms. The van der Waals surface area contributed by atoms with Crippen LogP contribution in [0.4, 0.5) is 0 Å². The van der Waals surface area contributed by atoms with Gasteiger partial charge in [0, 0.05) is 17.2 Å². The number of hydrogen-bond donors (Lipinski definition) is 1. The van der Waals surface area contributed by atoms with E-state index in [0.717, 1.165) is 0 Å². The molecule has 1 aliphatic heterocycles. The number of para-hydroxylation sites is 1. The predicted molar refractivity (Wildman–Crippen MR) is 79.4 cm³/mol. The molecule has 1 aliphatic rings. The van der Waals surface area contributed by atoms with Crippen LogP contribution in [0.1, 0.15) is 17.2 Å². The summed E-state index contributed by atoms with van der Waals surface area (Å²) in [7, 11) is 1.43. The predicted octanol–water partition coefficient (Wildman–Crippen LogP) is 3.15. The molecule has 0 aromatic heterocycles. The maximum atomic E-state index is 11.3. The van der Waals surface area contributed by atoms with Crippen molar-refractivity contribution in [2.24, 2.45) is 0 Å². The molecule has 0 fully saturated rings. The van der Waals surface area contributed by atoms with Gasteiger partial charge >= 0.3 is 0 Å². The van der Waals surface area contributed by atoms with Crippen molar-refractivity contribution in [1.29, 1.82) is 0 Å². The second-order valence-corrected chi connectivity index (χ2v) is 4.79. The van der Waals surface area contributed by atoms with Crippen molar-refractivity contribution in [2.45, 2.75) is 6.10 Å². The molecule has 112 valence electrons. The Bertz CT molecular complexity index is 769. The summed E-state index contributed by atoms with van der Waals surface area (Å²) in [5, 5.41) is 21.2. The van der Waals surface area contributed by atoms with E-state index in [1.165, 1.54) is 19.3 Å². The van der Waals surface area contributed by atoms with Gasteiger partial charge in [0.05, 0.1) is 12.0 Å². The molecule has 6 nitrogen and oxygen atoms in total. The molecule has 0 saturated heterocycles. The lowest BCUT2D eigenvalue weighted by Gasteiger charge is -2.22. The van der Waals surface area contributed by atoms with Crippen molar-refractivity contribution in [3.63, 3.8) is 0 Å². The molecule has 22 heavy (non-hydrogen) atoms. The Kier molecular flexibility index (Phi) is 3.42. The fraction of sp³-hybridized carbons (Fsp3) is 0.125. The number of phenolic OH excluding ortho intramolecular Hbond substituents is 1. The Labute approximate surface area is 126 Å². The number of hydrogen-bond acceptors (Lipinski definition) is 5. The van der Waals surface area contributed by atoms with Gasteiger partial charge in [-0.2, -0.15) is 0 Å². The molecule has 1 unspecified atom stereocenters. The number of rotatable bonds is 3. The summed E-state index contributed by atoms with van der Waals surface area (Å²) < 4.78 is 10.7. The van der Waals surface area contributed by atoms with E-state index in [0.29, 0.717) is 22.6 Å². The van der Waals surface area contributed by atoms with Gasteiger partial charge in [0.1, 0.15) is 5.75 Å². The maximum absolute atomic E-state index is 11.3. The molecular formula is C16H13NO5. The number of nitrogens with zero attached hydrogens (tertiary/aromatic N) is 1. The summed E-state index contributed by atoms with van der Waals surface area (Å²) in [5.74, 6) is 0.769. The van der Waals surface area contributed by atoms with Crippen LogP contribution in [0.2, 0.25) is 0 Å². The molecule has 1 N–H and O–H groups in total. The summed E-state index contributed by atoms with van der Waals surface area (Å²) in [5.41, 5.74) is 1.06. The first-order valence-electron chi connectivity index (χ1n) is 6.58. The van der Waals surface area contributed by atoms with E-state index >= 15 is 0 Å². The van der Waals surface area contributed by atoms with Gasteiger partial charge in [0.2, 0.25) is 6.10 Å². The van der Waals surface area contributed by atoms with E-state index in [2.05, 4.69) is 0 Å². The number of nitro groups is 1. The smallest absolute Gasteiger partial charge is 0.291 e. The number of phenols is 1. The third-order valence-corrected chi connectivity index (χ3v) is 3.45. The zero-order chi connectivity index (χ0) is 15.7. The van der Waals surface area contributed by atoms with Crippen molar-refractivity contribution in [2.75, 3.05) is 7.11 Å². The van der Waals surface area contributed by atoms with Gasteiger partial charge in [-0.3, -0.25) is 10.1 Å². The van der Waals surface area contributed by atoms with Crippen LogP contribution in [0.25, 0.3) is 6.08 Å². The number of fused-ring (bicyclic) bond motifs is 1. The molecule has 0 aliphatic carbocycles. The van der Waals surface area contributed by atoms with Gasteiger partial charge in [-0.15, -0.1) is 0 Å². The Hall–Kier alpha value is -3.02. The topological polar surface area (TPSA) is 81.8 Å². The fourth-order valence-corrected chi connectivity index (χ4v) is 2.39. The lowest BCUT2D eigenvalue weighted by molar-refractivity contribution is -0.434. The zero-order valence-corrected chi connectivity index (χ0v) is 11.7. The second-order valence-electron chi connectivity index (χ2n) is 4.79. The summed E-state index contributed by atoms with van der Waals surface area (Å²) in [6, 6.07) is 11.7. The molecule has 1 heterocycles. The van der Waals surface area contributed by atoms with E-state index in [1.807, 2.05) is 0 Å². The summed E-state index contributed by atoms with van der Waals surface area (Å²) >= 11 is 0. The van der Waals surface area contributed by atoms with E-state index < -0.39 is 11.0 Å². The SMILES string of the molecule is COc1ccc(C2Oc3ccccc3C=C2[N+](=O)[O-])cc1O. The van der Waals surface area contributed by atoms with Crippen LogP contribution >= 0.6 is 0 Å². The molecule has 2 aromatic carbocycles. The second kappa shape index (κ2) is 5.40. The number of aromatic hydroxyl groups is 1. The molecule has 0 amide bonds. The summed E-state index contributed by atoms with van der Waals surface area (Å²) in [6.45, 7) is 0. The normalized spacial score (nSPS) is 16.2. The van der Waals surface area contributed by atoms with Gasteiger partial charge in [0.25, 0.3) is 5.70 Å². The van der Waals surface area contributed by atoms with E-state index in [9.17, 15) is 15.2 Å². The highest BCUT2D eigenvalue weighted by Crippen LogP contribution is 2.39. The van der Waals surface area contributed by atoms with Gasteiger partial charge < -0.3 is 14.6 Å². The first-order valence-corrected chi connectivity index (χ1v) is 6.58. The minimum absolute atomic E-state index is 0.0803. The van der Waals surface area contributed by atoms with Crippen LogP contribution in [0.15, 0.2) is 48.2 Å². The van der Waals surface area contributed by atoms with Crippen molar-refractivity contribution in [3.05, 3.63) is 69.4 Å². The van der Waals surface area contributed by atoms with Gasteiger partial charge in [-0.05, 0) is 18.2 Å². The quantitative estimate of drug-likeness (QED) is 0.695. The monoisotopic (exact) mass is 299 g/mol. The molecule has 6 heteroatoms. The third-order valence-electron chi connectivity index (χ3n) is 3.45. The fourth-order valence-electron chi connectivity index (χ4n) is 2.39. The van der Waals surface area contributed by atoms with Gasteiger partial charge in [0.15, 0.2) is 11.5 Å². The van der Waals surface area contributed by atoms with Crippen LogP contribution in [0.5, 0.6) is 17.2 Å². The Morgan fingerprint density at radius 1 is 1.27 bits per heavy atom. The zero-order valence-electron chi connectivity index (χ0n) is 11.7. The van der Waals surface area contributed by atoms with Crippen LogP contribution in [-0.4, -0.2) is 17.1 Å². The van der Waals surface area contributed by atoms with Crippen LogP contribution in [0, 0.1) is 10.1 Å². The molecule has 0 saturated carbocycles. The minimum Gasteiger partial charge on any atom is -0.504 e. The standard InChI is InChI=1S/C16H13NO5/c1-21-15-7-6-11(9-13(15)18)16-12(17(19)20)8-10-4-2-3-5-14(10)22-16/h2-9,16,18H,1H3. The third kappa shape index (κ3) is 2.35. The van der Waals surface area contributed by atoms with Crippen molar-refractivity contribution >= 4 is 6.08 Å². The number of ether oxygens (including phenoxy) is 2. The van der Waals surface area contributed by atoms with Crippen LogP contribution in [-0.2, 0) is 0 Å². The van der Waals surface area contributed by atoms with Crippen molar-refractivity contribution < 1.29 is 19.5 Å². The number of benzene rings is 2. The van der Waals surface area contributed by atoms with E-state index in [1.54, 1.807) is 36.4 Å². The average molecular weight is 299 g/mol. The highest BCUT2D eigenvalue weighted by atomic mass is 16.6. The molecule has 3 rings (SSSR count). The van der Waals surface area contributed by atoms with Gasteiger partial charge in [-0.25, -0.2) is 0 Å². The van der Waals surface area contributed by atoms with Crippen LogP contribution < -0.4 is 9.47 Å². The van der Waals surface area contributed by atoms with Gasteiger partial charge in [-0.1, -0.05) is 24.3 Å².